The minimum atomic E-state index is -4.93. The number of hydrogen-bond acceptors (Lipinski definition) is 14. The van der Waals surface area contributed by atoms with E-state index >= 15 is 0 Å². The fraction of sp³-hybridized carbons (Fsp3) is 0.740. The molecule has 0 fully saturated rings. The van der Waals surface area contributed by atoms with Crippen LogP contribution >= 0.6 is 15.6 Å². The summed E-state index contributed by atoms with van der Waals surface area (Å²) in [6, 6.07) is 0. The van der Waals surface area contributed by atoms with Crippen LogP contribution in [0.15, 0.2) is 97.2 Å². The molecular formula is C73H128O16P2. The lowest BCUT2D eigenvalue weighted by Gasteiger charge is -2.21. The van der Waals surface area contributed by atoms with Crippen LogP contribution in [-0.4, -0.2) is 95.9 Å². The van der Waals surface area contributed by atoms with Crippen molar-refractivity contribution >= 4 is 33.6 Å². The molecule has 18 heteroatoms. The number of phosphoric ester groups is 2. The first-order chi connectivity index (χ1) is 44.2. The van der Waals surface area contributed by atoms with Crippen LogP contribution in [0.25, 0.3) is 0 Å². The van der Waals surface area contributed by atoms with Crippen molar-refractivity contribution in [1.82, 2.24) is 0 Å². The van der Waals surface area contributed by atoms with Crippen LogP contribution in [0.2, 0.25) is 0 Å². The zero-order chi connectivity index (χ0) is 66.7. The van der Waals surface area contributed by atoms with Crippen LogP contribution in [0.5, 0.6) is 0 Å². The van der Waals surface area contributed by atoms with Crippen LogP contribution in [-0.2, 0) is 55.8 Å². The third-order valence-corrected chi connectivity index (χ3v) is 16.7. The van der Waals surface area contributed by atoms with Crippen molar-refractivity contribution in [1.29, 1.82) is 0 Å². The number of hydrogen-bond donors (Lipinski definition) is 4. The van der Waals surface area contributed by atoms with Gasteiger partial charge in [0.1, 0.15) is 25.4 Å². The third-order valence-electron chi connectivity index (χ3n) is 14.8. The van der Waals surface area contributed by atoms with E-state index in [1.165, 1.54) is 83.5 Å². The second-order valence-corrected chi connectivity index (χ2v) is 26.6. The molecule has 0 aliphatic carbocycles. The van der Waals surface area contributed by atoms with E-state index in [4.69, 9.17) is 32.3 Å². The van der Waals surface area contributed by atoms with Crippen molar-refractivity contribution in [2.75, 3.05) is 39.6 Å². The molecule has 0 bridgehead atoms. The number of carbonyl (C=O) groups is 3. The van der Waals surface area contributed by atoms with E-state index in [0.717, 1.165) is 148 Å². The summed E-state index contributed by atoms with van der Waals surface area (Å²) in [6.07, 6.45) is 73.1. The molecule has 0 saturated carbocycles. The Bertz CT molecular complexity index is 2050. The van der Waals surface area contributed by atoms with Crippen LogP contribution in [0.4, 0.5) is 0 Å². The highest BCUT2D eigenvalue weighted by Gasteiger charge is 2.29. The predicted molar refractivity (Wildman–Crippen MR) is 371 cm³/mol. The summed E-state index contributed by atoms with van der Waals surface area (Å²) in [6.45, 7) is 2.50. The number of unbranched alkanes of at least 4 members (excludes halogenated alkanes) is 28. The summed E-state index contributed by atoms with van der Waals surface area (Å²) in [4.78, 5) is 58.4. The lowest BCUT2D eigenvalue weighted by Crippen LogP contribution is -2.30. The molecule has 0 aliphatic rings. The fourth-order valence-electron chi connectivity index (χ4n) is 9.33. The van der Waals surface area contributed by atoms with E-state index < -0.39 is 91.5 Å². The first-order valence-corrected chi connectivity index (χ1v) is 38.5. The Kier molecular flexibility index (Phi) is 63.9. The summed E-state index contributed by atoms with van der Waals surface area (Å²) >= 11 is 0. The van der Waals surface area contributed by atoms with Crippen LogP contribution in [0.3, 0.4) is 0 Å². The molecule has 5 atom stereocenters. The second kappa shape index (κ2) is 66.5. The van der Waals surface area contributed by atoms with Crippen LogP contribution < -0.4 is 0 Å². The minimum Gasteiger partial charge on any atom is -0.463 e. The van der Waals surface area contributed by atoms with Crippen molar-refractivity contribution in [2.24, 2.45) is 0 Å². The van der Waals surface area contributed by atoms with E-state index in [2.05, 4.69) is 118 Å². The largest absolute Gasteiger partial charge is 0.472 e. The minimum absolute atomic E-state index is 0.0922. The Morgan fingerprint density at radius 2 is 0.582 bits per heavy atom. The van der Waals surface area contributed by atoms with E-state index in [-0.39, 0.29) is 19.3 Å². The summed E-state index contributed by atoms with van der Waals surface area (Å²) in [5.41, 5.74) is 0. The number of allylic oxidation sites excluding steroid dienone is 16. The smallest absolute Gasteiger partial charge is 0.463 e. The van der Waals surface area contributed by atoms with E-state index in [9.17, 15) is 43.5 Å². The molecule has 91 heavy (non-hydrogen) atoms. The molecule has 0 saturated heterocycles. The highest BCUT2D eigenvalue weighted by Crippen LogP contribution is 2.45. The van der Waals surface area contributed by atoms with Gasteiger partial charge in [-0.3, -0.25) is 32.5 Å². The monoisotopic (exact) mass is 1320 g/mol. The van der Waals surface area contributed by atoms with Gasteiger partial charge in [-0.05, 0) is 122 Å². The number of ether oxygens (including phenoxy) is 3. The van der Waals surface area contributed by atoms with Gasteiger partial charge in [-0.2, -0.15) is 0 Å². The second-order valence-electron chi connectivity index (χ2n) is 23.6. The van der Waals surface area contributed by atoms with Crippen molar-refractivity contribution in [3.8, 4) is 0 Å². The van der Waals surface area contributed by atoms with Gasteiger partial charge in [-0.25, -0.2) is 9.13 Å². The predicted octanol–water partition coefficient (Wildman–Crippen LogP) is 19.9. The number of phosphoric acid groups is 2. The number of aliphatic hydroxyl groups is 2. The first kappa shape index (κ1) is 87.5. The highest BCUT2D eigenvalue weighted by molar-refractivity contribution is 7.47. The molecule has 0 aromatic heterocycles. The Hall–Kier alpha value is -3.53. The molecule has 16 nitrogen and oxygen atoms in total. The molecule has 0 spiro atoms. The molecular weight excluding hydrogens is 1190 g/mol. The van der Waals surface area contributed by atoms with Crippen LogP contribution in [0.1, 0.15) is 290 Å². The molecule has 526 valence electrons. The Morgan fingerprint density at radius 3 is 0.956 bits per heavy atom. The number of esters is 3. The molecule has 5 unspecified atom stereocenters. The summed E-state index contributed by atoms with van der Waals surface area (Å²) in [5, 5.41) is 20.6. The van der Waals surface area contributed by atoms with E-state index in [1.54, 1.807) is 0 Å². The molecule has 0 radical (unpaired) electrons. The van der Waals surface area contributed by atoms with Gasteiger partial charge in [0.2, 0.25) is 0 Å². The summed E-state index contributed by atoms with van der Waals surface area (Å²) < 4.78 is 60.9. The average Bonchev–Trinajstić information content (AvgIpc) is 3.08. The zero-order valence-electron chi connectivity index (χ0n) is 57.0. The SMILES string of the molecule is CC/C=C\C/C=C\C/C=C\C/C=C\C/C=C\CCCCCCCCCCCC(=O)OCC(O)COP(=O)(O)OCC(O)COP(=O)(O)OCC(COC(=O)CCCCCCC/C=C\C/C=C\CCCCC)OC(=O)CCCCCCC/C=C\CCCCCCCC. The lowest BCUT2D eigenvalue weighted by molar-refractivity contribution is -0.161. The van der Waals surface area contributed by atoms with Crippen LogP contribution in [0, 0.1) is 0 Å². The fourth-order valence-corrected chi connectivity index (χ4v) is 10.9. The number of aliphatic hydroxyl groups excluding tert-OH is 2. The maximum Gasteiger partial charge on any atom is 0.472 e. The maximum atomic E-state index is 12.9. The van der Waals surface area contributed by atoms with Gasteiger partial charge in [0.05, 0.1) is 26.4 Å². The van der Waals surface area contributed by atoms with Gasteiger partial charge in [-0.1, -0.05) is 246 Å². The standard InChI is InChI=1S/C73H128O16P2/c1-4-7-10-13-16-19-22-25-28-29-30-31-32-33-34-35-36-37-40-42-44-47-50-53-56-59-71(76)83-62-68(74)63-85-90(79,80)86-64-69(75)65-87-91(81,82)88-67-70(89-73(78)61-58-55-52-49-46-43-39-27-24-21-18-15-12-9-6-3)66-84-72(77)60-57-54-51-48-45-41-38-26-23-20-17-14-11-8-5-2/h7,10,16-17,19-20,25-28,30-31,33-34,38-39,68-70,74-75H,4-6,8-9,11-15,18,21-24,29,32,35-37,40-67H2,1-3H3,(H,79,80)(H,81,82)/b10-7-,19-16-,20-17-,28-25-,31-30-,34-33-,38-26-,39-27-. The first-order valence-electron chi connectivity index (χ1n) is 35.5. The Labute approximate surface area is 552 Å². The highest BCUT2D eigenvalue weighted by atomic mass is 31.2. The third kappa shape index (κ3) is 67.7. The van der Waals surface area contributed by atoms with Gasteiger partial charge >= 0.3 is 33.6 Å². The van der Waals surface area contributed by atoms with Crippen molar-refractivity contribution in [3.05, 3.63) is 97.2 Å². The van der Waals surface area contributed by atoms with E-state index in [1.807, 2.05) is 0 Å². The number of rotatable bonds is 67. The summed E-state index contributed by atoms with van der Waals surface area (Å²) in [5.74, 6) is -1.60. The summed E-state index contributed by atoms with van der Waals surface area (Å²) in [7, 11) is -9.78. The molecule has 0 aliphatic heterocycles. The normalized spacial score (nSPS) is 14.8. The van der Waals surface area contributed by atoms with Gasteiger partial charge in [-0.15, -0.1) is 0 Å². The number of carbonyl (C=O) groups excluding carboxylic acids is 3. The Balaban J connectivity index is 4.57. The van der Waals surface area contributed by atoms with Gasteiger partial charge < -0.3 is 34.2 Å². The molecule has 0 aromatic carbocycles. The average molecular weight is 1320 g/mol. The maximum absolute atomic E-state index is 12.9. The van der Waals surface area contributed by atoms with Crippen molar-refractivity contribution < 1.29 is 75.8 Å². The topological polar surface area (TPSA) is 231 Å². The molecule has 0 aromatic rings. The van der Waals surface area contributed by atoms with E-state index in [0.29, 0.717) is 19.3 Å². The molecule has 0 rings (SSSR count). The van der Waals surface area contributed by atoms with Gasteiger partial charge in [0, 0.05) is 19.3 Å². The quantitative estimate of drug-likeness (QED) is 0.0146. The van der Waals surface area contributed by atoms with Crippen molar-refractivity contribution in [2.45, 2.75) is 309 Å². The molecule has 0 heterocycles. The molecule has 0 amide bonds. The van der Waals surface area contributed by atoms with Gasteiger partial charge in [0.25, 0.3) is 0 Å². The Morgan fingerprint density at radius 1 is 0.319 bits per heavy atom. The zero-order valence-corrected chi connectivity index (χ0v) is 58.8. The van der Waals surface area contributed by atoms with Gasteiger partial charge in [0.15, 0.2) is 6.10 Å². The molecule has 4 N–H and O–H groups in total. The van der Waals surface area contributed by atoms with Crippen molar-refractivity contribution in [3.63, 3.8) is 0 Å². The lowest BCUT2D eigenvalue weighted by atomic mass is 10.1.